The van der Waals surface area contributed by atoms with Gasteiger partial charge in [-0.3, -0.25) is 4.98 Å². The van der Waals surface area contributed by atoms with Gasteiger partial charge < -0.3 is 10.2 Å². The Hall–Kier alpha value is -0.610. The number of anilines is 1. The lowest BCUT2D eigenvalue weighted by atomic mass is 10.0. The molecule has 18 heavy (non-hydrogen) atoms. The number of halogens is 1. The van der Waals surface area contributed by atoms with Crippen molar-refractivity contribution in [3.8, 4) is 0 Å². The molecule has 0 radical (unpaired) electrons. The molecule has 0 aliphatic carbocycles. The van der Waals surface area contributed by atoms with Crippen LogP contribution in [0.4, 0.5) is 5.69 Å². The molecule has 2 heterocycles. The van der Waals surface area contributed by atoms with Gasteiger partial charge in [-0.1, -0.05) is 6.42 Å². The van der Waals surface area contributed by atoms with Gasteiger partial charge in [0.2, 0.25) is 0 Å². The summed E-state index contributed by atoms with van der Waals surface area (Å²) in [5, 5.41) is 3.62. The molecule has 1 aromatic heterocycles. The molecule has 0 aromatic carbocycles. The Morgan fingerprint density at radius 3 is 2.94 bits per heavy atom. The van der Waals surface area contributed by atoms with E-state index in [0.717, 1.165) is 17.6 Å². The van der Waals surface area contributed by atoms with Crippen LogP contribution in [-0.2, 0) is 0 Å². The molecule has 3 nitrogen and oxygen atoms in total. The number of aromatic nitrogens is 1. The molecule has 0 amide bonds. The van der Waals surface area contributed by atoms with E-state index in [1.54, 1.807) is 0 Å². The third-order valence-electron chi connectivity index (χ3n) is 3.51. The standard InChI is InChI=1S/C14H22BrN3/c1-11(2)18(10-12-5-3-4-7-17-12)14-6-8-16-9-13(14)15/h6,8-9,11-12,17H,3-5,7,10H2,1-2H3. The normalized spacial score (nSPS) is 20.1. The molecule has 1 aliphatic rings. The van der Waals surface area contributed by atoms with Crippen LogP contribution in [0.15, 0.2) is 22.9 Å². The summed E-state index contributed by atoms with van der Waals surface area (Å²) in [6, 6.07) is 3.20. The predicted molar refractivity (Wildman–Crippen MR) is 80.1 cm³/mol. The van der Waals surface area contributed by atoms with Gasteiger partial charge in [0.05, 0.1) is 10.2 Å². The molecule has 4 heteroatoms. The SMILES string of the molecule is CC(C)N(CC1CCCCN1)c1ccncc1Br. The Balaban J connectivity index is 2.10. The Bertz CT molecular complexity index is 375. The highest BCUT2D eigenvalue weighted by Gasteiger charge is 2.20. The predicted octanol–water partition coefficient (Wildman–Crippen LogP) is 3.20. The number of hydrogen-bond donors (Lipinski definition) is 1. The van der Waals surface area contributed by atoms with Crippen LogP contribution in [-0.4, -0.2) is 30.2 Å². The van der Waals surface area contributed by atoms with Gasteiger partial charge in [0.15, 0.2) is 0 Å². The van der Waals surface area contributed by atoms with Crippen molar-refractivity contribution in [3.63, 3.8) is 0 Å². The first-order valence-electron chi connectivity index (χ1n) is 6.78. The van der Waals surface area contributed by atoms with Crippen LogP contribution < -0.4 is 10.2 Å². The summed E-state index contributed by atoms with van der Waals surface area (Å²) in [6.45, 7) is 6.72. The van der Waals surface area contributed by atoms with Crippen molar-refractivity contribution in [1.82, 2.24) is 10.3 Å². The minimum absolute atomic E-state index is 0.493. The molecular weight excluding hydrogens is 290 g/mol. The molecule has 1 atom stereocenters. The van der Waals surface area contributed by atoms with Crippen molar-refractivity contribution in [2.45, 2.75) is 45.2 Å². The molecule has 0 saturated carbocycles. The van der Waals surface area contributed by atoms with Gasteiger partial charge >= 0.3 is 0 Å². The van der Waals surface area contributed by atoms with Crippen molar-refractivity contribution in [3.05, 3.63) is 22.9 Å². The summed E-state index contributed by atoms with van der Waals surface area (Å²) in [7, 11) is 0. The Morgan fingerprint density at radius 2 is 2.33 bits per heavy atom. The number of nitrogens with one attached hydrogen (secondary N) is 1. The number of pyridine rings is 1. The molecular formula is C14H22BrN3. The van der Waals surface area contributed by atoms with Gasteiger partial charge in [0.25, 0.3) is 0 Å². The quantitative estimate of drug-likeness (QED) is 0.925. The van der Waals surface area contributed by atoms with Gasteiger partial charge in [-0.25, -0.2) is 0 Å². The number of hydrogen-bond acceptors (Lipinski definition) is 3. The molecule has 100 valence electrons. The molecule has 1 aliphatic heterocycles. The van der Waals surface area contributed by atoms with E-state index in [-0.39, 0.29) is 0 Å². The van der Waals surface area contributed by atoms with Gasteiger partial charge in [0, 0.05) is 31.0 Å². The second-order valence-corrected chi connectivity index (χ2v) is 6.07. The zero-order chi connectivity index (χ0) is 13.0. The first kappa shape index (κ1) is 13.8. The summed E-state index contributed by atoms with van der Waals surface area (Å²) in [6.07, 6.45) is 7.69. The van der Waals surface area contributed by atoms with Crippen LogP contribution in [0.1, 0.15) is 33.1 Å². The van der Waals surface area contributed by atoms with Gasteiger partial charge in [0.1, 0.15) is 0 Å². The van der Waals surface area contributed by atoms with Crippen molar-refractivity contribution in [2.75, 3.05) is 18.0 Å². The van der Waals surface area contributed by atoms with Crippen molar-refractivity contribution >= 4 is 21.6 Å². The maximum atomic E-state index is 4.14. The van der Waals surface area contributed by atoms with E-state index in [1.807, 2.05) is 12.4 Å². The first-order valence-corrected chi connectivity index (χ1v) is 7.57. The molecule has 1 unspecified atom stereocenters. The van der Waals surface area contributed by atoms with E-state index < -0.39 is 0 Å². The second-order valence-electron chi connectivity index (χ2n) is 5.22. The summed E-state index contributed by atoms with van der Waals surface area (Å²) in [5.41, 5.74) is 1.24. The topological polar surface area (TPSA) is 28.2 Å². The van der Waals surface area contributed by atoms with Crippen LogP contribution in [0.2, 0.25) is 0 Å². The van der Waals surface area contributed by atoms with Gasteiger partial charge in [-0.15, -0.1) is 0 Å². The molecule has 0 spiro atoms. The minimum Gasteiger partial charge on any atom is -0.367 e. The van der Waals surface area contributed by atoms with E-state index in [0.29, 0.717) is 12.1 Å². The summed E-state index contributed by atoms with van der Waals surface area (Å²) >= 11 is 3.61. The second kappa shape index (κ2) is 6.53. The highest BCUT2D eigenvalue weighted by molar-refractivity contribution is 9.10. The third-order valence-corrected chi connectivity index (χ3v) is 4.12. The van der Waals surface area contributed by atoms with Crippen LogP contribution in [0, 0.1) is 0 Å². The highest BCUT2D eigenvalue weighted by Crippen LogP contribution is 2.27. The Labute approximate surface area is 118 Å². The average Bonchev–Trinajstić information content (AvgIpc) is 2.38. The van der Waals surface area contributed by atoms with E-state index in [1.165, 1.54) is 24.9 Å². The lowest BCUT2D eigenvalue weighted by Gasteiger charge is -2.35. The zero-order valence-corrected chi connectivity index (χ0v) is 12.8. The monoisotopic (exact) mass is 311 g/mol. The fourth-order valence-corrected chi connectivity index (χ4v) is 2.98. The minimum atomic E-state index is 0.493. The largest absolute Gasteiger partial charge is 0.367 e. The highest BCUT2D eigenvalue weighted by atomic mass is 79.9. The third kappa shape index (κ3) is 3.45. The van der Waals surface area contributed by atoms with Crippen LogP contribution >= 0.6 is 15.9 Å². The lowest BCUT2D eigenvalue weighted by molar-refractivity contribution is 0.393. The number of piperidine rings is 1. The number of rotatable bonds is 4. The lowest BCUT2D eigenvalue weighted by Crippen LogP contribution is -2.46. The van der Waals surface area contributed by atoms with Crippen molar-refractivity contribution in [2.24, 2.45) is 0 Å². The first-order chi connectivity index (χ1) is 8.68. The van der Waals surface area contributed by atoms with Crippen molar-refractivity contribution < 1.29 is 0 Å². The molecule has 2 rings (SSSR count). The fourth-order valence-electron chi connectivity index (χ4n) is 2.51. The summed E-state index contributed by atoms with van der Waals surface area (Å²) in [4.78, 5) is 6.60. The maximum absolute atomic E-state index is 4.14. The average molecular weight is 312 g/mol. The van der Waals surface area contributed by atoms with E-state index in [4.69, 9.17) is 0 Å². The fraction of sp³-hybridized carbons (Fsp3) is 0.643. The molecule has 1 aromatic rings. The van der Waals surface area contributed by atoms with E-state index in [9.17, 15) is 0 Å². The summed E-state index contributed by atoms with van der Waals surface area (Å²) < 4.78 is 1.08. The smallest absolute Gasteiger partial charge is 0.0592 e. The molecule has 1 N–H and O–H groups in total. The molecule has 1 saturated heterocycles. The maximum Gasteiger partial charge on any atom is 0.0592 e. The van der Waals surface area contributed by atoms with E-state index >= 15 is 0 Å². The van der Waals surface area contributed by atoms with Crippen molar-refractivity contribution in [1.29, 1.82) is 0 Å². The summed E-state index contributed by atoms with van der Waals surface area (Å²) in [5.74, 6) is 0. The Morgan fingerprint density at radius 1 is 1.50 bits per heavy atom. The van der Waals surface area contributed by atoms with Crippen LogP contribution in [0.5, 0.6) is 0 Å². The van der Waals surface area contributed by atoms with Gasteiger partial charge in [-0.05, 0) is 55.2 Å². The number of nitrogens with zero attached hydrogens (tertiary/aromatic N) is 2. The Kier molecular flexibility index (Phi) is 5.01. The van der Waals surface area contributed by atoms with Crippen LogP contribution in [0.3, 0.4) is 0 Å². The van der Waals surface area contributed by atoms with Gasteiger partial charge in [-0.2, -0.15) is 0 Å². The van der Waals surface area contributed by atoms with Crippen LogP contribution in [0.25, 0.3) is 0 Å². The molecule has 1 fully saturated rings. The zero-order valence-electron chi connectivity index (χ0n) is 11.2. The van der Waals surface area contributed by atoms with E-state index in [2.05, 4.69) is 51.0 Å². The molecule has 0 bridgehead atoms.